The maximum Gasteiger partial charge on any atom is 0.303 e. The quantitative estimate of drug-likeness (QED) is 0.694. The van der Waals surface area contributed by atoms with E-state index in [9.17, 15) is 4.79 Å². The van der Waals surface area contributed by atoms with Gasteiger partial charge in [-0.25, -0.2) is 4.98 Å². The van der Waals surface area contributed by atoms with E-state index in [2.05, 4.69) is 25.3 Å². The van der Waals surface area contributed by atoms with E-state index in [4.69, 9.17) is 21.3 Å². The Labute approximate surface area is 146 Å². The number of benzene rings is 1. The van der Waals surface area contributed by atoms with Gasteiger partial charge in [0.1, 0.15) is 17.5 Å². The van der Waals surface area contributed by atoms with Gasteiger partial charge in [-0.05, 0) is 31.0 Å². The fourth-order valence-electron chi connectivity index (χ4n) is 2.39. The summed E-state index contributed by atoms with van der Waals surface area (Å²) in [6.07, 6.45) is 0. The van der Waals surface area contributed by atoms with Crippen LogP contribution in [0.25, 0.3) is 0 Å². The molecule has 0 atom stereocenters. The van der Waals surface area contributed by atoms with Gasteiger partial charge in [-0.1, -0.05) is 43.3 Å². The Morgan fingerprint density at radius 1 is 1.43 bits per heavy atom. The molecule has 0 saturated carbocycles. The lowest BCUT2D eigenvalue weighted by Gasteiger charge is -2.13. The number of carbonyl (C=O) groups excluding carboxylic acids is 1. The van der Waals surface area contributed by atoms with E-state index < -0.39 is 0 Å². The van der Waals surface area contributed by atoms with Crippen molar-refractivity contribution in [1.29, 1.82) is 0 Å². The Morgan fingerprint density at radius 2 is 2.17 bits per heavy atom. The van der Waals surface area contributed by atoms with Crippen molar-refractivity contribution in [2.75, 3.05) is 0 Å². The molecule has 0 aliphatic heterocycles. The molecule has 0 spiro atoms. The first kappa shape index (κ1) is 17.9. The van der Waals surface area contributed by atoms with E-state index in [1.165, 1.54) is 6.92 Å². The van der Waals surface area contributed by atoms with Gasteiger partial charge in [0, 0.05) is 23.4 Å². The van der Waals surface area contributed by atoms with Gasteiger partial charge in [0.15, 0.2) is 0 Å². The Hall–Kier alpha value is -1.46. The van der Waals surface area contributed by atoms with E-state index in [1.54, 1.807) is 11.8 Å². The number of aromatic nitrogens is 2. The second kappa shape index (κ2) is 7.88. The van der Waals surface area contributed by atoms with Crippen LogP contribution < -0.4 is 0 Å². The van der Waals surface area contributed by atoms with Crippen molar-refractivity contribution in [3.63, 3.8) is 0 Å². The zero-order valence-corrected chi connectivity index (χ0v) is 15.4. The van der Waals surface area contributed by atoms with Crippen LogP contribution >= 0.6 is 23.4 Å². The SMILES string of the molecule is CCn1c(COC(C)=O)nc(Sc2cccc(Cl)c2)c1C(C)C. The average molecular weight is 353 g/mol. The van der Waals surface area contributed by atoms with Crippen LogP contribution in [0.3, 0.4) is 0 Å². The maximum absolute atomic E-state index is 11.1. The van der Waals surface area contributed by atoms with E-state index in [0.717, 1.165) is 28.0 Å². The normalized spacial score (nSPS) is 11.0. The van der Waals surface area contributed by atoms with Crippen molar-refractivity contribution in [1.82, 2.24) is 9.55 Å². The molecule has 0 radical (unpaired) electrons. The topological polar surface area (TPSA) is 44.1 Å². The molecule has 124 valence electrons. The summed E-state index contributed by atoms with van der Waals surface area (Å²) in [5.41, 5.74) is 1.15. The van der Waals surface area contributed by atoms with Crippen molar-refractivity contribution >= 4 is 29.3 Å². The minimum Gasteiger partial charge on any atom is -0.458 e. The van der Waals surface area contributed by atoms with Crippen molar-refractivity contribution in [3.05, 3.63) is 40.8 Å². The molecule has 0 N–H and O–H groups in total. The highest BCUT2D eigenvalue weighted by Crippen LogP contribution is 2.35. The van der Waals surface area contributed by atoms with Crippen LogP contribution in [0.5, 0.6) is 0 Å². The summed E-state index contributed by atoms with van der Waals surface area (Å²) in [5, 5.41) is 1.64. The monoisotopic (exact) mass is 352 g/mol. The second-order valence-electron chi connectivity index (χ2n) is 5.46. The molecule has 1 aromatic carbocycles. The van der Waals surface area contributed by atoms with E-state index in [0.29, 0.717) is 10.9 Å². The van der Waals surface area contributed by atoms with Gasteiger partial charge >= 0.3 is 5.97 Å². The van der Waals surface area contributed by atoms with E-state index in [-0.39, 0.29) is 12.6 Å². The highest BCUT2D eigenvalue weighted by atomic mass is 35.5. The molecule has 0 unspecified atom stereocenters. The van der Waals surface area contributed by atoms with Crippen LogP contribution in [0.15, 0.2) is 34.2 Å². The summed E-state index contributed by atoms with van der Waals surface area (Å²) >= 11 is 7.65. The van der Waals surface area contributed by atoms with Crippen LogP contribution in [0.1, 0.15) is 45.1 Å². The number of ether oxygens (including phenoxy) is 1. The first-order valence-electron chi connectivity index (χ1n) is 7.58. The number of esters is 1. The van der Waals surface area contributed by atoms with Crippen molar-refractivity contribution < 1.29 is 9.53 Å². The molecule has 4 nitrogen and oxygen atoms in total. The van der Waals surface area contributed by atoms with Gasteiger partial charge in [-0.3, -0.25) is 4.79 Å². The van der Waals surface area contributed by atoms with Gasteiger partial charge in [-0.15, -0.1) is 0 Å². The van der Waals surface area contributed by atoms with Crippen LogP contribution in [0.4, 0.5) is 0 Å². The summed E-state index contributed by atoms with van der Waals surface area (Å²) in [4.78, 5) is 16.8. The molecule has 6 heteroatoms. The fourth-order valence-corrected chi connectivity index (χ4v) is 3.81. The number of carbonyl (C=O) groups is 1. The zero-order chi connectivity index (χ0) is 17.0. The fraction of sp³-hybridized carbons (Fsp3) is 0.412. The minimum absolute atomic E-state index is 0.193. The molecule has 0 fully saturated rings. The maximum atomic E-state index is 11.1. The lowest BCUT2D eigenvalue weighted by Crippen LogP contribution is -2.09. The minimum atomic E-state index is -0.300. The van der Waals surface area contributed by atoms with Crippen molar-refractivity contribution in [3.8, 4) is 0 Å². The predicted molar refractivity (Wildman–Crippen MR) is 93.0 cm³/mol. The van der Waals surface area contributed by atoms with Gasteiger partial charge in [0.05, 0.1) is 5.69 Å². The van der Waals surface area contributed by atoms with E-state index in [1.807, 2.05) is 24.3 Å². The number of halogens is 1. The first-order chi connectivity index (χ1) is 10.9. The van der Waals surface area contributed by atoms with Gasteiger partial charge < -0.3 is 9.30 Å². The molecular weight excluding hydrogens is 332 g/mol. The number of hydrogen-bond acceptors (Lipinski definition) is 4. The number of hydrogen-bond donors (Lipinski definition) is 0. The summed E-state index contributed by atoms with van der Waals surface area (Å²) in [7, 11) is 0. The number of imidazole rings is 1. The third-order valence-corrected chi connectivity index (χ3v) is 4.55. The van der Waals surface area contributed by atoms with Crippen molar-refractivity contribution in [2.24, 2.45) is 0 Å². The molecule has 2 rings (SSSR count). The predicted octanol–water partition coefficient (Wildman–Crippen LogP) is 4.89. The molecule has 0 aliphatic rings. The third-order valence-electron chi connectivity index (χ3n) is 3.33. The number of nitrogens with zero attached hydrogens (tertiary/aromatic N) is 2. The Kier molecular flexibility index (Phi) is 6.13. The number of rotatable bonds is 6. The summed E-state index contributed by atoms with van der Waals surface area (Å²) in [6.45, 7) is 8.73. The molecule has 23 heavy (non-hydrogen) atoms. The van der Waals surface area contributed by atoms with Crippen LogP contribution in [-0.2, 0) is 22.7 Å². The summed E-state index contributed by atoms with van der Waals surface area (Å²) < 4.78 is 7.26. The third kappa shape index (κ3) is 4.52. The second-order valence-corrected chi connectivity index (χ2v) is 6.96. The Morgan fingerprint density at radius 3 is 2.74 bits per heavy atom. The largest absolute Gasteiger partial charge is 0.458 e. The smallest absolute Gasteiger partial charge is 0.303 e. The molecule has 0 saturated heterocycles. The molecular formula is C17H21ClN2O2S. The highest BCUT2D eigenvalue weighted by Gasteiger charge is 2.20. The Bertz CT molecular complexity index is 698. The summed E-state index contributed by atoms with van der Waals surface area (Å²) in [5.74, 6) is 0.789. The highest BCUT2D eigenvalue weighted by molar-refractivity contribution is 7.99. The Balaban J connectivity index is 2.38. The molecule has 1 aromatic heterocycles. The lowest BCUT2D eigenvalue weighted by molar-refractivity contribution is -0.142. The zero-order valence-electron chi connectivity index (χ0n) is 13.8. The van der Waals surface area contributed by atoms with E-state index >= 15 is 0 Å². The molecule has 0 amide bonds. The van der Waals surface area contributed by atoms with Gasteiger partial charge in [0.25, 0.3) is 0 Å². The average Bonchev–Trinajstić information content (AvgIpc) is 2.82. The lowest BCUT2D eigenvalue weighted by atomic mass is 10.1. The molecule has 0 bridgehead atoms. The summed E-state index contributed by atoms with van der Waals surface area (Å²) in [6, 6.07) is 7.71. The molecule has 2 aromatic rings. The van der Waals surface area contributed by atoms with Gasteiger partial charge in [-0.2, -0.15) is 0 Å². The van der Waals surface area contributed by atoms with Gasteiger partial charge in [0.2, 0.25) is 0 Å². The van der Waals surface area contributed by atoms with Crippen LogP contribution in [0.2, 0.25) is 5.02 Å². The van der Waals surface area contributed by atoms with Crippen LogP contribution in [0, 0.1) is 0 Å². The standard InChI is InChI=1S/C17H21ClN2O2S/c1-5-20-15(10-22-12(4)21)19-17(16(20)11(2)3)23-14-8-6-7-13(18)9-14/h6-9,11H,5,10H2,1-4H3. The molecule has 1 heterocycles. The molecule has 0 aliphatic carbocycles. The first-order valence-corrected chi connectivity index (χ1v) is 8.77. The van der Waals surface area contributed by atoms with Crippen LogP contribution in [-0.4, -0.2) is 15.5 Å². The van der Waals surface area contributed by atoms with Crippen molar-refractivity contribution in [2.45, 2.75) is 56.7 Å².